The number of aliphatic hydroxyl groups excluding tert-OH is 1. The van der Waals surface area contributed by atoms with E-state index in [0.29, 0.717) is 6.04 Å². The molecule has 0 saturated carbocycles. The van der Waals surface area contributed by atoms with Crippen molar-refractivity contribution in [2.24, 2.45) is 0 Å². The second-order valence-electron chi connectivity index (χ2n) is 5.05. The molecule has 1 aliphatic heterocycles. The third-order valence-electron chi connectivity index (χ3n) is 3.94. The number of aliphatic hydroxyl groups is 1. The maximum absolute atomic E-state index is 10.4. The molecule has 0 radical (unpaired) electrons. The summed E-state index contributed by atoms with van der Waals surface area (Å²) in [7, 11) is 2.08. The Balaban J connectivity index is 2.13. The molecule has 2 N–H and O–H groups in total. The lowest BCUT2D eigenvalue weighted by Crippen LogP contribution is -2.45. The zero-order chi connectivity index (χ0) is 12.4. The Bertz CT molecular complexity index is 363. The van der Waals surface area contributed by atoms with Crippen LogP contribution in [0.5, 0.6) is 5.75 Å². The fourth-order valence-corrected chi connectivity index (χ4v) is 2.63. The zero-order valence-corrected chi connectivity index (χ0v) is 10.5. The molecular formula is C14H21NO2. The Labute approximate surface area is 103 Å². The lowest BCUT2D eigenvalue weighted by molar-refractivity contribution is 0.0156. The molecule has 1 fully saturated rings. The van der Waals surface area contributed by atoms with Gasteiger partial charge in [0.15, 0.2) is 0 Å². The predicted octanol–water partition coefficient (Wildman–Crippen LogP) is 2.30. The number of phenols is 1. The molecule has 0 bridgehead atoms. The van der Waals surface area contributed by atoms with Gasteiger partial charge in [0.25, 0.3) is 0 Å². The van der Waals surface area contributed by atoms with Gasteiger partial charge in [-0.1, -0.05) is 18.6 Å². The van der Waals surface area contributed by atoms with Crippen molar-refractivity contribution in [2.75, 3.05) is 7.05 Å². The van der Waals surface area contributed by atoms with Crippen LogP contribution in [0.3, 0.4) is 0 Å². The van der Waals surface area contributed by atoms with Gasteiger partial charge in [0.1, 0.15) is 5.75 Å². The van der Waals surface area contributed by atoms with E-state index in [0.717, 1.165) is 12.0 Å². The van der Waals surface area contributed by atoms with Crippen LogP contribution in [0.1, 0.15) is 37.9 Å². The molecule has 3 heteroatoms. The molecule has 1 saturated heterocycles. The highest BCUT2D eigenvalue weighted by atomic mass is 16.3. The first-order valence-electron chi connectivity index (χ1n) is 6.28. The van der Waals surface area contributed by atoms with E-state index in [1.54, 1.807) is 24.3 Å². The minimum Gasteiger partial charge on any atom is -0.508 e. The summed E-state index contributed by atoms with van der Waals surface area (Å²) in [4.78, 5) is 2.26. The Kier molecular flexibility index (Phi) is 3.69. The van der Waals surface area contributed by atoms with E-state index in [-0.39, 0.29) is 11.8 Å². The number of nitrogens with zero attached hydrogens (tertiary/aromatic N) is 1. The van der Waals surface area contributed by atoms with E-state index in [2.05, 4.69) is 18.9 Å². The number of rotatable bonds is 2. The van der Waals surface area contributed by atoms with Crippen molar-refractivity contribution in [1.29, 1.82) is 0 Å². The SMILES string of the molecule is CC1CCC[C@@H]([C@@H](O)c2ccc(O)cc2)N1C. The van der Waals surface area contributed by atoms with Crippen LogP contribution >= 0.6 is 0 Å². The molecule has 94 valence electrons. The Morgan fingerprint density at radius 3 is 2.53 bits per heavy atom. The zero-order valence-electron chi connectivity index (χ0n) is 10.5. The maximum Gasteiger partial charge on any atom is 0.115 e. The monoisotopic (exact) mass is 235 g/mol. The van der Waals surface area contributed by atoms with Gasteiger partial charge in [-0.25, -0.2) is 0 Å². The minimum absolute atomic E-state index is 0.184. The largest absolute Gasteiger partial charge is 0.508 e. The van der Waals surface area contributed by atoms with Gasteiger partial charge in [-0.15, -0.1) is 0 Å². The van der Waals surface area contributed by atoms with Gasteiger partial charge < -0.3 is 10.2 Å². The number of hydrogen-bond donors (Lipinski definition) is 2. The van der Waals surface area contributed by atoms with E-state index in [4.69, 9.17) is 0 Å². The summed E-state index contributed by atoms with van der Waals surface area (Å²) < 4.78 is 0. The molecule has 3 nitrogen and oxygen atoms in total. The van der Waals surface area contributed by atoms with Crippen molar-refractivity contribution in [3.8, 4) is 5.75 Å². The van der Waals surface area contributed by atoms with Crippen LogP contribution in [-0.4, -0.2) is 34.2 Å². The molecule has 17 heavy (non-hydrogen) atoms. The molecule has 0 spiro atoms. The first kappa shape index (κ1) is 12.4. The van der Waals surface area contributed by atoms with Crippen LogP contribution < -0.4 is 0 Å². The first-order chi connectivity index (χ1) is 8.09. The third-order valence-corrected chi connectivity index (χ3v) is 3.94. The molecule has 2 rings (SSSR count). The smallest absolute Gasteiger partial charge is 0.115 e. The van der Waals surface area contributed by atoms with Crippen molar-refractivity contribution < 1.29 is 10.2 Å². The lowest BCUT2D eigenvalue weighted by atomic mass is 9.90. The summed E-state index contributed by atoms with van der Waals surface area (Å²) >= 11 is 0. The average molecular weight is 235 g/mol. The first-order valence-corrected chi connectivity index (χ1v) is 6.28. The molecule has 0 aromatic heterocycles. The van der Waals surface area contributed by atoms with Crippen LogP contribution in [-0.2, 0) is 0 Å². The van der Waals surface area contributed by atoms with Crippen molar-refractivity contribution >= 4 is 0 Å². The van der Waals surface area contributed by atoms with Crippen LogP contribution in [0.25, 0.3) is 0 Å². The second-order valence-corrected chi connectivity index (χ2v) is 5.05. The normalized spacial score (nSPS) is 27.9. The van der Waals surface area contributed by atoms with Gasteiger partial charge in [-0.2, -0.15) is 0 Å². The summed E-state index contributed by atoms with van der Waals surface area (Å²) in [5, 5.41) is 19.7. The van der Waals surface area contributed by atoms with Gasteiger partial charge in [0.2, 0.25) is 0 Å². The topological polar surface area (TPSA) is 43.7 Å². The van der Waals surface area contributed by atoms with Gasteiger partial charge in [-0.05, 0) is 44.5 Å². The Hall–Kier alpha value is -1.06. The fourth-order valence-electron chi connectivity index (χ4n) is 2.63. The quantitative estimate of drug-likeness (QED) is 0.826. The number of piperidine rings is 1. The van der Waals surface area contributed by atoms with Gasteiger partial charge in [0.05, 0.1) is 6.10 Å². The molecule has 0 aliphatic carbocycles. The average Bonchev–Trinajstić information content (AvgIpc) is 2.33. The molecule has 0 amide bonds. The Morgan fingerprint density at radius 1 is 1.24 bits per heavy atom. The summed E-state index contributed by atoms with van der Waals surface area (Å²) in [5.41, 5.74) is 0.883. The molecular weight excluding hydrogens is 214 g/mol. The van der Waals surface area contributed by atoms with E-state index < -0.39 is 6.10 Å². The Morgan fingerprint density at radius 2 is 1.88 bits per heavy atom. The number of hydrogen-bond acceptors (Lipinski definition) is 3. The molecule has 3 atom stereocenters. The molecule has 1 aromatic rings. The van der Waals surface area contributed by atoms with Crippen molar-refractivity contribution in [3.05, 3.63) is 29.8 Å². The number of benzene rings is 1. The number of likely N-dealkylation sites (N-methyl/N-ethyl adjacent to an activating group) is 1. The molecule has 1 unspecified atom stereocenters. The molecule has 1 aliphatic rings. The molecule has 1 heterocycles. The van der Waals surface area contributed by atoms with E-state index in [1.807, 2.05) is 0 Å². The highest BCUT2D eigenvalue weighted by Crippen LogP contribution is 2.30. The van der Waals surface area contributed by atoms with Crippen molar-refractivity contribution in [1.82, 2.24) is 4.90 Å². The minimum atomic E-state index is -0.469. The summed E-state index contributed by atoms with van der Waals surface area (Å²) in [6, 6.07) is 7.57. The van der Waals surface area contributed by atoms with Crippen LogP contribution in [0, 0.1) is 0 Å². The van der Waals surface area contributed by atoms with Gasteiger partial charge in [-0.3, -0.25) is 4.90 Å². The van der Waals surface area contributed by atoms with Gasteiger partial charge >= 0.3 is 0 Å². The highest BCUT2D eigenvalue weighted by Gasteiger charge is 2.30. The predicted molar refractivity (Wildman–Crippen MR) is 67.9 cm³/mol. The summed E-state index contributed by atoms with van der Waals surface area (Å²) in [6.07, 6.45) is 2.94. The van der Waals surface area contributed by atoms with E-state index >= 15 is 0 Å². The van der Waals surface area contributed by atoms with Crippen LogP contribution in [0.2, 0.25) is 0 Å². The van der Waals surface area contributed by atoms with Crippen LogP contribution in [0.4, 0.5) is 0 Å². The van der Waals surface area contributed by atoms with Crippen molar-refractivity contribution in [2.45, 2.75) is 44.4 Å². The van der Waals surface area contributed by atoms with E-state index in [1.165, 1.54) is 12.8 Å². The van der Waals surface area contributed by atoms with E-state index in [9.17, 15) is 10.2 Å². The number of aromatic hydroxyl groups is 1. The van der Waals surface area contributed by atoms with Gasteiger partial charge in [0, 0.05) is 12.1 Å². The standard InChI is InChI=1S/C14H21NO2/c1-10-4-3-5-13(15(10)2)14(17)11-6-8-12(16)9-7-11/h6-10,13-14,16-17H,3-5H2,1-2H3/t10?,13-,14-/m0/s1. The van der Waals surface area contributed by atoms with Crippen molar-refractivity contribution in [3.63, 3.8) is 0 Å². The number of likely N-dealkylation sites (tertiary alicyclic amines) is 1. The fraction of sp³-hybridized carbons (Fsp3) is 0.571. The lowest BCUT2D eigenvalue weighted by Gasteiger charge is -2.40. The highest BCUT2D eigenvalue weighted by molar-refractivity contribution is 5.28. The molecule has 1 aromatic carbocycles. The summed E-state index contributed by atoms with van der Waals surface area (Å²) in [6.45, 7) is 2.20. The third kappa shape index (κ3) is 2.61. The van der Waals surface area contributed by atoms with Crippen LogP contribution in [0.15, 0.2) is 24.3 Å². The summed E-state index contributed by atoms with van der Waals surface area (Å²) in [5.74, 6) is 0.242. The number of phenolic OH excluding ortho intramolecular Hbond substituents is 1. The maximum atomic E-state index is 10.4. The second kappa shape index (κ2) is 5.07.